The predicted octanol–water partition coefficient (Wildman–Crippen LogP) is 2.72. The van der Waals surface area contributed by atoms with Crippen molar-refractivity contribution in [2.45, 2.75) is 43.8 Å². The van der Waals surface area contributed by atoms with E-state index in [1.807, 2.05) is 0 Å². The molecular weight excluding hydrogens is 196 g/mol. The Labute approximate surface area is 97.6 Å². The molecule has 16 heavy (non-hydrogen) atoms. The van der Waals surface area contributed by atoms with E-state index in [1.165, 1.54) is 31.4 Å². The summed E-state index contributed by atoms with van der Waals surface area (Å²) in [5.41, 5.74) is 1.27. The smallest absolute Gasteiger partial charge is 0.0342 e. The maximum atomic E-state index is 3.68. The zero-order chi connectivity index (χ0) is 11.0. The van der Waals surface area contributed by atoms with Crippen LogP contribution in [0.4, 0.5) is 5.69 Å². The van der Waals surface area contributed by atoms with Gasteiger partial charge in [0.1, 0.15) is 0 Å². The number of rotatable bonds is 2. The van der Waals surface area contributed by atoms with Gasteiger partial charge in [0.2, 0.25) is 0 Å². The van der Waals surface area contributed by atoms with E-state index in [9.17, 15) is 0 Å². The van der Waals surface area contributed by atoms with Crippen LogP contribution in [0, 0.1) is 0 Å². The highest BCUT2D eigenvalue weighted by molar-refractivity contribution is 5.43. The van der Waals surface area contributed by atoms with E-state index < -0.39 is 0 Å². The summed E-state index contributed by atoms with van der Waals surface area (Å²) in [5, 5.41) is 3.68. The van der Waals surface area contributed by atoms with Crippen LogP contribution < -0.4 is 5.32 Å². The van der Waals surface area contributed by atoms with Crippen molar-refractivity contribution in [3.8, 4) is 0 Å². The van der Waals surface area contributed by atoms with Crippen LogP contribution >= 0.6 is 0 Å². The van der Waals surface area contributed by atoms with Gasteiger partial charge in [-0.15, -0.1) is 0 Å². The van der Waals surface area contributed by atoms with Gasteiger partial charge in [0.25, 0.3) is 0 Å². The number of hydrogen-bond donors (Lipinski definition) is 1. The van der Waals surface area contributed by atoms with Crippen LogP contribution in [0.15, 0.2) is 30.3 Å². The highest BCUT2D eigenvalue weighted by Gasteiger charge is 2.38. The Kier molecular flexibility index (Phi) is 2.60. The van der Waals surface area contributed by atoms with Crippen molar-refractivity contribution in [1.82, 2.24) is 4.90 Å². The standard InChI is InChI=1S/C14H20N2/c1-16-13-7-8-14(16)10-12(9-13)15-11-5-3-2-4-6-11/h2-6,12-15H,7-10H2,1H3/t12?,13-,14+. The minimum atomic E-state index is 0.677. The highest BCUT2D eigenvalue weighted by atomic mass is 15.2. The summed E-state index contributed by atoms with van der Waals surface area (Å²) >= 11 is 0. The Morgan fingerprint density at radius 1 is 1.06 bits per heavy atom. The van der Waals surface area contributed by atoms with Gasteiger partial charge in [-0.2, -0.15) is 0 Å². The second kappa shape index (κ2) is 4.10. The molecule has 3 atom stereocenters. The van der Waals surface area contributed by atoms with Gasteiger partial charge in [-0.05, 0) is 44.9 Å². The summed E-state index contributed by atoms with van der Waals surface area (Å²) in [4.78, 5) is 2.59. The van der Waals surface area contributed by atoms with Gasteiger partial charge in [-0.25, -0.2) is 0 Å². The molecule has 1 aromatic rings. The quantitative estimate of drug-likeness (QED) is 0.817. The average molecular weight is 216 g/mol. The molecule has 2 heteroatoms. The number of hydrogen-bond acceptors (Lipinski definition) is 2. The van der Waals surface area contributed by atoms with Crippen LogP contribution in [0.1, 0.15) is 25.7 Å². The summed E-state index contributed by atoms with van der Waals surface area (Å²) in [6.45, 7) is 0. The van der Waals surface area contributed by atoms with E-state index in [1.54, 1.807) is 0 Å². The third-order valence-electron chi connectivity index (χ3n) is 4.24. The first kappa shape index (κ1) is 10.2. The highest BCUT2D eigenvalue weighted by Crippen LogP contribution is 2.35. The molecule has 1 N–H and O–H groups in total. The Balaban J connectivity index is 1.66. The fourth-order valence-electron chi connectivity index (χ4n) is 3.30. The lowest BCUT2D eigenvalue weighted by atomic mass is 9.98. The number of nitrogens with one attached hydrogen (secondary N) is 1. The zero-order valence-corrected chi connectivity index (χ0v) is 9.89. The molecule has 0 spiro atoms. The zero-order valence-electron chi connectivity index (χ0n) is 9.89. The SMILES string of the molecule is CN1[C@@H]2CC[C@H]1CC(Nc1ccccc1)C2. The number of fused-ring (bicyclic) bond motifs is 2. The van der Waals surface area contributed by atoms with Gasteiger partial charge < -0.3 is 10.2 Å². The van der Waals surface area contributed by atoms with Crippen LogP contribution in [-0.4, -0.2) is 30.1 Å². The molecule has 2 bridgehead atoms. The second-order valence-electron chi connectivity index (χ2n) is 5.23. The number of nitrogens with zero attached hydrogens (tertiary/aromatic N) is 1. The van der Waals surface area contributed by atoms with E-state index in [0.29, 0.717) is 6.04 Å². The molecule has 0 aromatic heterocycles. The van der Waals surface area contributed by atoms with Crippen molar-refractivity contribution in [3.63, 3.8) is 0 Å². The molecule has 2 aliphatic heterocycles. The van der Waals surface area contributed by atoms with Crippen molar-refractivity contribution in [2.24, 2.45) is 0 Å². The van der Waals surface area contributed by atoms with Crippen molar-refractivity contribution in [2.75, 3.05) is 12.4 Å². The summed E-state index contributed by atoms with van der Waals surface area (Å²) in [5.74, 6) is 0. The fraction of sp³-hybridized carbons (Fsp3) is 0.571. The maximum absolute atomic E-state index is 3.68. The first-order chi connectivity index (χ1) is 7.83. The molecule has 86 valence electrons. The van der Waals surface area contributed by atoms with E-state index in [2.05, 4.69) is 47.6 Å². The van der Waals surface area contributed by atoms with Gasteiger partial charge in [-0.3, -0.25) is 0 Å². The van der Waals surface area contributed by atoms with Crippen LogP contribution in [0.3, 0.4) is 0 Å². The minimum Gasteiger partial charge on any atom is -0.382 e. The van der Waals surface area contributed by atoms with Crippen LogP contribution in [-0.2, 0) is 0 Å². The Bertz CT molecular complexity index is 335. The third kappa shape index (κ3) is 1.82. The monoisotopic (exact) mass is 216 g/mol. The number of anilines is 1. The van der Waals surface area contributed by atoms with E-state index in [-0.39, 0.29) is 0 Å². The first-order valence-corrected chi connectivity index (χ1v) is 6.36. The first-order valence-electron chi connectivity index (χ1n) is 6.36. The molecule has 2 nitrogen and oxygen atoms in total. The molecule has 2 fully saturated rings. The van der Waals surface area contributed by atoms with Crippen molar-refractivity contribution in [1.29, 1.82) is 0 Å². The van der Waals surface area contributed by atoms with E-state index in [4.69, 9.17) is 0 Å². The van der Waals surface area contributed by atoms with Crippen molar-refractivity contribution < 1.29 is 0 Å². The van der Waals surface area contributed by atoms with Gasteiger partial charge in [-0.1, -0.05) is 18.2 Å². The maximum Gasteiger partial charge on any atom is 0.0342 e. The number of para-hydroxylation sites is 1. The van der Waals surface area contributed by atoms with Gasteiger partial charge in [0.15, 0.2) is 0 Å². The number of piperidine rings is 1. The second-order valence-corrected chi connectivity index (χ2v) is 5.23. The molecule has 0 aliphatic carbocycles. The lowest BCUT2D eigenvalue weighted by Gasteiger charge is -2.37. The van der Waals surface area contributed by atoms with Gasteiger partial charge in [0.05, 0.1) is 0 Å². The van der Waals surface area contributed by atoms with Crippen LogP contribution in [0.25, 0.3) is 0 Å². The average Bonchev–Trinajstić information content (AvgIpc) is 2.54. The molecule has 0 saturated carbocycles. The molecule has 1 unspecified atom stereocenters. The summed E-state index contributed by atoms with van der Waals surface area (Å²) in [6.07, 6.45) is 5.41. The van der Waals surface area contributed by atoms with Crippen molar-refractivity contribution >= 4 is 5.69 Å². The lowest BCUT2D eigenvalue weighted by Crippen LogP contribution is -2.44. The van der Waals surface area contributed by atoms with Crippen LogP contribution in [0.2, 0.25) is 0 Å². The molecule has 2 heterocycles. The molecule has 0 radical (unpaired) electrons. The molecule has 1 aromatic carbocycles. The molecule has 2 aliphatic rings. The molecule has 3 rings (SSSR count). The fourth-order valence-corrected chi connectivity index (χ4v) is 3.30. The lowest BCUT2D eigenvalue weighted by molar-refractivity contribution is 0.169. The summed E-state index contributed by atoms with van der Waals surface area (Å²) < 4.78 is 0. The Morgan fingerprint density at radius 2 is 1.69 bits per heavy atom. The normalized spacial score (nSPS) is 33.9. The van der Waals surface area contributed by atoms with E-state index >= 15 is 0 Å². The Morgan fingerprint density at radius 3 is 2.31 bits per heavy atom. The predicted molar refractivity (Wildman–Crippen MR) is 67.7 cm³/mol. The van der Waals surface area contributed by atoms with Gasteiger partial charge in [0, 0.05) is 23.8 Å². The minimum absolute atomic E-state index is 0.677. The molecular formula is C14H20N2. The summed E-state index contributed by atoms with van der Waals surface area (Å²) in [6, 6.07) is 12.9. The Hall–Kier alpha value is -1.02. The number of benzene rings is 1. The molecule has 2 saturated heterocycles. The molecule has 0 amide bonds. The third-order valence-corrected chi connectivity index (χ3v) is 4.24. The largest absolute Gasteiger partial charge is 0.382 e. The topological polar surface area (TPSA) is 15.3 Å². The van der Waals surface area contributed by atoms with Crippen LogP contribution in [0.5, 0.6) is 0 Å². The summed E-state index contributed by atoms with van der Waals surface area (Å²) in [7, 11) is 2.29. The van der Waals surface area contributed by atoms with Crippen molar-refractivity contribution in [3.05, 3.63) is 30.3 Å². The van der Waals surface area contributed by atoms with E-state index in [0.717, 1.165) is 12.1 Å². The van der Waals surface area contributed by atoms with Gasteiger partial charge >= 0.3 is 0 Å².